The number of allylic oxidation sites excluding steroid dienone is 4. The SMILES string of the molecule is CC1=C/C(=C(/c2cc(C)c(O)c(C(=O)O)c2)c2ccc(Cl)c(Cl)c2Cl)C=C(C(=O)O)C1=O. The van der Waals surface area contributed by atoms with Crippen LogP contribution < -0.4 is 0 Å². The van der Waals surface area contributed by atoms with Gasteiger partial charge in [0.1, 0.15) is 16.9 Å². The first-order valence-corrected chi connectivity index (χ1v) is 10.2. The Bertz CT molecular complexity index is 1300. The van der Waals surface area contributed by atoms with Gasteiger partial charge in [0.2, 0.25) is 0 Å². The summed E-state index contributed by atoms with van der Waals surface area (Å²) in [5.41, 5.74) is 0.869. The molecule has 1 aliphatic rings. The highest BCUT2D eigenvalue weighted by molar-refractivity contribution is 6.48. The van der Waals surface area contributed by atoms with Gasteiger partial charge in [0.15, 0.2) is 5.78 Å². The third-order valence-electron chi connectivity index (χ3n) is 4.92. The van der Waals surface area contributed by atoms with Crippen LogP contribution in [0.5, 0.6) is 5.75 Å². The van der Waals surface area contributed by atoms with Gasteiger partial charge in [-0.1, -0.05) is 40.9 Å². The minimum absolute atomic E-state index is 0.0490. The molecular formula is C23H15Cl3O6. The number of carbonyl (C=O) groups is 3. The van der Waals surface area contributed by atoms with Gasteiger partial charge in [-0.25, -0.2) is 9.59 Å². The number of halogens is 3. The predicted octanol–water partition coefficient (Wildman–Crippen LogP) is 5.70. The van der Waals surface area contributed by atoms with Crippen LogP contribution in [0.2, 0.25) is 15.1 Å². The monoisotopic (exact) mass is 492 g/mol. The second-order valence-electron chi connectivity index (χ2n) is 7.07. The van der Waals surface area contributed by atoms with Gasteiger partial charge in [0.05, 0.1) is 15.1 Å². The lowest BCUT2D eigenvalue weighted by Crippen LogP contribution is -2.17. The number of ketones is 1. The first-order chi connectivity index (χ1) is 14.9. The maximum atomic E-state index is 12.3. The van der Waals surface area contributed by atoms with Crippen molar-refractivity contribution < 1.29 is 29.7 Å². The molecule has 6 nitrogen and oxygen atoms in total. The topological polar surface area (TPSA) is 112 Å². The summed E-state index contributed by atoms with van der Waals surface area (Å²) in [5.74, 6) is -3.82. The normalized spacial score (nSPS) is 15.2. The number of aromatic hydroxyl groups is 1. The van der Waals surface area contributed by atoms with Gasteiger partial charge in [-0.2, -0.15) is 0 Å². The fourth-order valence-corrected chi connectivity index (χ4v) is 3.99. The third kappa shape index (κ3) is 4.17. The molecule has 0 heterocycles. The number of Topliss-reactive ketones (excluding diaryl/α,β-unsaturated/α-hetero) is 1. The summed E-state index contributed by atoms with van der Waals surface area (Å²) in [4.78, 5) is 35.6. The minimum Gasteiger partial charge on any atom is -0.507 e. The van der Waals surface area contributed by atoms with E-state index in [1.54, 1.807) is 6.07 Å². The number of carboxylic acids is 2. The number of aromatic carboxylic acids is 1. The molecule has 3 N–H and O–H groups in total. The van der Waals surface area contributed by atoms with Crippen molar-refractivity contribution in [3.05, 3.63) is 90.5 Å². The van der Waals surface area contributed by atoms with Gasteiger partial charge in [-0.15, -0.1) is 0 Å². The molecule has 2 aromatic carbocycles. The molecule has 32 heavy (non-hydrogen) atoms. The molecule has 0 unspecified atom stereocenters. The van der Waals surface area contributed by atoms with Crippen LogP contribution >= 0.6 is 34.8 Å². The summed E-state index contributed by atoms with van der Waals surface area (Å²) in [6.07, 6.45) is 2.67. The van der Waals surface area contributed by atoms with E-state index in [4.69, 9.17) is 34.8 Å². The van der Waals surface area contributed by atoms with Crippen LogP contribution in [0.4, 0.5) is 0 Å². The highest BCUT2D eigenvalue weighted by Gasteiger charge is 2.27. The number of phenols is 1. The molecule has 0 atom stereocenters. The lowest BCUT2D eigenvalue weighted by molar-refractivity contribution is -0.134. The van der Waals surface area contributed by atoms with E-state index in [2.05, 4.69) is 0 Å². The average Bonchev–Trinajstić information content (AvgIpc) is 2.72. The molecule has 1 aliphatic carbocycles. The summed E-state index contributed by atoms with van der Waals surface area (Å²) < 4.78 is 0. The molecule has 0 fully saturated rings. The van der Waals surface area contributed by atoms with Crippen molar-refractivity contribution >= 4 is 58.1 Å². The number of carboxylic acid groups (broad SMARTS) is 2. The Morgan fingerprint density at radius 3 is 2.12 bits per heavy atom. The van der Waals surface area contributed by atoms with Gasteiger partial charge >= 0.3 is 11.9 Å². The fraction of sp³-hybridized carbons (Fsp3) is 0.0870. The van der Waals surface area contributed by atoms with E-state index >= 15 is 0 Å². The van der Waals surface area contributed by atoms with Crippen LogP contribution in [0.15, 0.2) is 53.1 Å². The second kappa shape index (κ2) is 8.82. The van der Waals surface area contributed by atoms with Gasteiger partial charge in [-0.05, 0) is 72.0 Å². The van der Waals surface area contributed by atoms with Crippen molar-refractivity contribution in [1.82, 2.24) is 0 Å². The Morgan fingerprint density at radius 2 is 1.53 bits per heavy atom. The number of hydrogen-bond donors (Lipinski definition) is 3. The summed E-state index contributed by atoms with van der Waals surface area (Å²) >= 11 is 18.7. The molecule has 0 amide bonds. The smallest absolute Gasteiger partial charge is 0.339 e. The molecule has 3 rings (SSSR count). The zero-order valence-electron chi connectivity index (χ0n) is 16.7. The molecular weight excluding hydrogens is 479 g/mol. The zero-order chi connectivity index (χ0) is 23.9. The van der Waals surface area contributed by atoms with E-state index in [-0.39, 0.29) is 31.8 Å². The summed E-state index contributed by atoms with van der Waals surface area (Å²) in [6.45, 7) is 2.99. The van der Waals surface area contributed by atoms with Crippen molar-refractivity contribution in [3.8, 4) is 5.75 Å². The summed E-state index contributed by atoms with van der Waals surface area (Å²) in [6, 6.07) is 5.80. The zero-order valence-corrected chi connectivity index (χ0v) is 18.9. The van der Waals surface area contributed by atoms with E-state index in [9.17, 15) is 29.7 Å². The predicted molar refractivity (Wildman–Crippen MR) is 122 cm³/mol. The van der Waals surface area contributed by atoms with Gasteiger partial charge < -0.3 is 15.3 Å². The van der Waals surface area contributed by atoms with Crippen LogP contribution in [0.1, 0.15) is 34.0 Å². The molecule has 0 bridgehead atoms. The molecule has 164 valence electrons. The number of carbonyl (C=O) groups excluding carboxylic acids is 1. The maximum absolute atomic E-state index is 12.3. The number of aryl methyl sites for hydroxylation is 1. The van der Waals surface area contributed by atoms with Crippen molar-refractivity contribution in [3.63, 3.8) is 0 Å². The third-order valence-corrected chi connectivity index (χ3v) is 6.21. The van der Waals surface area contributed by atoms with Crippen LogP contribution in [-0.4, -0.2) is 33.0 Å². The van der Waals surface area contributed by atoms with Crippen molar-refractivity contribution in [2.24, 2.45) is 0 Å². The molecule has 0 aromatic heterocycles. The van der Waals surface area contributed by atoms with Crippen molar-refractivity contribution in [1.29, 1.82) is 0 Å². The Hall–Kier alpha value is -3.06. The lowest BCUT2D eigenvalue weighted by Gasteiger charge is -2.19. The number of hydrogen-bond acceptors (Lipinski definition) is 4. The highest BCUT2D eigenvalue weighted by atomic mass is 35.5. The maximum Gasteiger partial charge on any atom is 0.339 e. The standard InChI is InChI=1S/C23H15Cl3O6/c1-9-5-11(7-14(20(9)27)22(29)30)17(13-3-4-16(24)19(26)18(13)25)12-6-10(2)21(28)15(8-12)23(31)32/h3-8,27H,1-2H3,(H,29,30)(H,31,32)/b17-12+. The molecule has 9 heteroatoms. The van der Waals surface area contributed by atoms with Crippen LogP contribution in [0.3, 0.4) is 0 Å². The molecule has 0 saturated carbocycles. The van der Waals surface area contributed by atoms with Crippen LogP contribution in [0, 0.1) is 6.92 Å². The Labute approximate surface area is 197 Å². The summed E-state index contributed by atoms with van der Waals surface area (Å²) in [5, 5.41) is 29.5. The fourth-order valence-electron chi connectivity index (χ4n) is 3.36. The largest absolute Gasteiger partial charge is 0.507 e. The molecule has 2 aromatic rings. The average molecular weight is 494 g/mol. The number of benzene rings is 2. The van der Waals surface area contributed by atoms with E-state index in [0.717, 1.165) is 0 Å². The molecule has 0 saturated heterocycles. The minimum atomic E-state index is -1.41. The van der Waals surface area contributed by atoms with E-state index < -0.39 is 29.0 Å². The van der Waals surface area contributed by atoms with Gasteiger partial charge in [0.25, 0.3) is 0 Å². The molecule has 0 radical (unpaired) electrons. The Morgan fingerprint density at radius 1 is 0.875 bits per heavy atom. The summed E-state index contributed by atoms with van der Waals surface area (Å²) in [7, 11) is 0. The lowest BCUT2D eigenvalue weighted by atomic mass is 9.85. The highest BCUT2D eigenvalue weighted by Crippen LogP contribution is 2.42. The van der Waals surface area contributed by atoms with Crippen LogP contribution in [0.25, 0.3) is 5.57 Å². The van der Waals surface area contributed by atoms with E-state index in [1.165, 1.54) is 44.2 Å². The van der Waals surface area contributed by atoms with E-state index in [0.29, 0.717) is 22.3 Å². The van der Waals surface area contributed by atoms with Crippen LogP contribution in [-0.2, 0) is 9.59 Å². The van der Waals surface area contributed by atoms with Gasteiger partial charge in [0, 0.05) is 5.56 Å². The van der Waals surface area contributed by atoms with Gasteiger partial charge in [-0.3, -0.25) is 4.79 Å². The number of aliphatic carboxylic acids is 1. The number of rotatable bonds is 4. The Balaban J connectivity index is 2.49. The molecule has 0 spiro atoms. The van der Waals surface area contributed by atoms with Crippen molar-refractivity contribution in [2.75, 3.05) is 0 Å². The van der Waals surface area contributed by atoms with E-state index in [1.807, 2.05) is 0 Å². The van der Waals surface area contributed by atoms with Crippen molar-refractivity contribution in [2.45, 2.75) is 13.8 Å². The molecule has 0 aliphatic heterocycles. The Kier molecular flexibility index (Phi) is 6.51. The first-order valence-electron chi connectivity index (χ1n) is 9.07. The quantitative estimate of drug-likeness (QED) is 0.372. The first kappa shape index (κ1) is 23.6. The second-order valence-corrected chi connectivity index (χ2v) is 8.23.